The summed E-state index contributed by atoms with van der Waals surface area (Å²) in [4.78, 5) is 47.9. The molecule has 0 aromatic heterocycles. The average molecular weight is 439 g/mol. The van der Waals surface area contributed by atoms with Crippen LogP contribution < -0.4 is 21.7 Å². The SMILES string of the molecule is CSCCC(NC(=O)C(C)N)C(=O)NC(CCSC)C(=O)NC(CO)C(=O)O. The number of carbonyl (C=O) groups excluding carboxylic acids is 3. The fourth-order valence-electron chi connectivity index (χ4n) is 2.04. The summed E-state index contributed by atoms with van der Waals surface area (Å²) in [5.41, 5.74) is 5.53. The summed E-state index contributed by atoms with van der Waals surface area (Å²) in [6.07, 6.45) is 4.29. The monoisotopic (exact) mass is 438 g/mol. The number of thioether (sulfide) groups is 2. The van der Waals surface area contributed by atoms with E-state index in [0.29, 0.717) is 17.9 Å². The zero-order valence-electron chi connectivity index (χ0n) is 16.3. The molecule has 0 aromatic carbocycles. The van der Waals surface area contributed by atoms with Crippen LogP contribution in [0.5, 0.6) is 0 Å². The van der Waals surface area contributed by atoms with Crippen LogP contribution >= 0.6 is 23.5 Å². The van der Waals surface area contributed by atoms with Crippen molar-refractivity contribution < 1.29 is 29.4 Å². The molecule has 0 heterocycles. The lowest BCUT2D eigenvalue weighted by Gasteiger charge is -2.24. The predicted octanol–water partition coefficient (Wildman–Crippen LogP) is -1.63. The van der Waals surface area contributed by atoms with Crippen LogP contribution in [0.2, 0.25) is 0 Å². The third-order valence-corrected chi connectivity index (χ3v) is 4.99. The number of aliphatic hydroxyl groups excluding tert-OH is 1. The molecule has 0 spiro atoms. The second-order valence-electron chi connectivity index (χ2n) is 6.06. The smallest absolute Gasteiger partial charge is 0.328 e. The lowest BCUT2D eigenvalue weighted by molar-refractivity contribution is -0.143. The number of carboxylic acids is 1. The third kappa shape index (κ3) is 10.2. The highest BCUT2D eigenvalue weighted by Gasteiger charge is 2.29. The zero-order valence-corrected chi connectivity index (χ0v) is 17.9. The normalized spacial score (nSPS) is 15.0. The molecule has 0 radical (unpaired) electrons. The Kier molecular flexibility index (Phi) is 13.7. The van der Waals surface area contributed by atoms with Crippen molar-refractivity contribution in [3.8, 4) is 0 Å². The van der Waals surface area contributed by atoms with Crippen LogP contribution in [0.4, 0.5) is 0 Å². The average Bonchev–Trinajstić information content (AvgIpc) is 2.65. The van der Waals surface area contributed by atoms with E-state index in [1.54, 1.807) is 0 Å². The van der Waals surface area contributed by atoms with Crippen LogP contribution in [0.15, 0.2) is 0 Å². The Bertz CT molecular complexity index is 535. The van der Waals surface area contributed by atoms with Gasteiger partial charge in [-0.3, -0.25) is 14.4 Å². The van der Waals surface area contributed by atoms with Crippen LogP contribution in [0.25, 0.3) is 0 Å². The molecule has 28 heavy (non-hydrogen) atoms. The maximum atomic E-state index is 12.6. The molecule has 0 saturated carbocycles. The van der Waals surface area contributed by atoms with Gasteiger partial charge in [-0.15, -0.1) is 0 Å². The highest BCUT2D eigenvalue weighted by Crippen LogP contribution is 2.06. The second-order valence-corrected chi connectivity index (χ2v) is 8.03. The minimum Gasteiger partial charge on any atom is -0.480 e. The Hall–Kier alpha value is -1.50. The summed E-state index contributed by atoms with van der Waals surface area (Å²) in [5, 5.41) is 25.4. The molecule has 0 aliphatic carbocycles. The number of amides is 3. The Morgan fingerprint density at radius 1 is 0.857 bits per heavy atom. The van der Waals surface area contributed by atoms with Crippen molar-refractivity contribution in [2.24, 2.45) is 5.73 Å². The number of carboxylic acid groups (broad SMARTS) is 1. The second kappa shape index (κ2) is 14.5. The van der Waals surface area contributed by atoms with Gasteiger partial charge in [0.1, 0.15) is 18.1 Å². The van der Waals surface area contributed by atoms with Gasteiger partial charge < -0.3 is 31.9 Å². The predicted molar refractivity (Wildman–Crippen MR) is 110 cm³/mol. The zero-order chi connectivity index (χ0) is 21.7. The largest absolute Gasteiger partial charge is 0.480 e. The van der Waals surface area contributed by atoms with Gasteiger partial charge in [-0.2, -0.15) is 23.5 Å². The molecule has 12 heteroatoms. The first-order valence-corrected chi connectivity index (χ1v) is 11.4. The van der Waals surface area contributed by atoms with Crippen LogP contribution in [0, 0.1) is 0 Å². The number of aliphatic hydroxyl groups is 1. The van der Waals surface area contributed by atoms with Crippen molar-refractivity contribution in [1.82, 2.24) is 16.0 Å². The van der Waals surface area contributed by atoms with Crippen LogP contribution in [0.1, 0.15) is 19.8 Å². The molecular formula is C16H30N4O6S2. The van der Waals surface area contributed by atoms with E-state index in [4.69, 9.17) is 15.9 Å². The molecule has 0 saturated heterocycles. The molecule has 10 nitrogen and oxygen atoms in total. The van der Waals surface area contributed by atoms with Crippen LogP contribution in [0.3, 0.4) is 0 Å². The number of nitrogens with two attached hydrogens (primary N) is 1. The van der Waals surface area contributed by atoms with Crippen molar-refractivity contribution in [1.29, 1.82) is 0 Å². The molecule has 0 aliphatic heterocycles. The summed E-state index contributed by atoms with van der Waals surface area (Å²) in [6.45, 7) is 0.722. The van der Waals surface area contributed by atoms with Crippen LogP contribution in [-0.2, 0) is 19.2 Å². The molecule has 0 aromatic rings. The minimum absolute atomic E-state index is 0.257. The van der Waals surface area contributed by atoms with Gasteiger partial charge in [-0.25, -0.2) is 4.79 Å². The number of nitrogens with one attached hydrogen (secondary N) is 3. The Balaban J connectivity index is 5.21. The lowest BCUT2D eigenvalue weighted by atomic mass is 10.1. The van der Waals surface area contributed by atoms with Gasteiger partial charge in [-0.05, 0) is 43.8 Å². The Labute approximate surface area is 173 Å². The first kappa shape index (κ1) is 26.5. The third-order valence-electron chi connectivity index (χ3n) is 3.70. The van der Waals surface area contributed by atoms with E-state index in [1.165, 1.54) is 30.4 Å². The summed E-state index contributed by atoms with van der Waals surface area (Å²) in [5.74, 6) is -2.00. The molecule has 0 fully saturated rings. The topological polar surface area (TPSA) is 171 Å². The fraction of sp³-hybridized carbons (Fsp3) is 0.750. The highest BCUT2D eigenvalue weighted by atomic mass is 32.2. The van der Waals surface area contributed by atoms with Crippen molar-refractivity contribution in [3.05, 3.63) is 0 Å². The maximum absolute atomic E-state index is 12.6. The van der Waals surface area contributed by atoms with Crippen LogP contribution in [-0.4, -0.2) is 88.7 Å². The molecule has 0 bridgehead atoms. The molecule has 0 aliphatic rings. The van der Waals surface area contributed by atoms with Crippen molar-refractivity contribution in [2.75, 3.05) is 30.6 Å². The fourth-order valence-corrected chi connectivity index (χ4v) is 2.99. The molecule has 4 unspecified atom stereocenters. The van der Waals surface area contributed by atoms with Gasteiger partial charge in [-0.1, -0.05) is 0 Å². The van der Waals surface area contributed by atoms with Gasteiger partial charge in [0.15, 0.2) is 0 Å². The van der Waals surface area contributed by atoms with Crippen molar-refractivity contribution in [2.45, 2.75) is 43.9 Å². The molecule has 162 valence electrons. The van der Waals surface area contributed by atoms with Gasteiger partial charge >= 0.3 is 5.97 Å². The number of hydrogen-bond acceptors (Lipinski definition) is 8. The molecular weight excluding hydrogens is 408 g/mol. The van der Waals surface area contributed by atoms with E-state index in [2.05, 4.69) is 16.0 Å². The Morgan fingerprint density at radius 3 is 1.57 bits per heavy atom. The summed E-state index contributed by atoms with van der Waals surface area (Å²) < 4.78 is 0. The van der Waals surface area contributed by atoms with E-state index in [1.807, 2.05) is 12.5 Å². The molecule has 7 N–H and O–H groups in total. The van der Waals surface area contributed by atoms with E-state index in [-0.39, 0.29) is 6.42 Å². The summed E-state index contributed by atoms with van der Waals surface area (Å²) >= 11 is 2.95. The maximum Gasteiger partial charge on any atom is 0.328 e. The van der Waals surface area contributed by atoms with Gasteiger partial charge in [0.05, 0.1) is 12.6 Å². The number of aliphatic carboxylic acids is 1. The summed E-state index contributed by atoms with van der Waals surface area (Å²) in [7, 11) is 0. The van der Waals surface area contributed by atoms with Gasteiger partial charge in [0, 0.05) is 0 Å². The van der Waals surface area contributed by atoms with E-state index in [9.17, 15) is 19.2 Å². The first-order valence-electron chi connectivity index (χ1n) is 8.66. The van der Waals surface area contributed by atoms with E-state index < -0.39 is 54.5 Å². The minimum atomic E-state index is -1.47. The van der Waals surface area contributed by atoms with Crippen molar-refractivity contribution in [3.63, 3.8) is 0 Å². The molecule has 0 rings (SSSR count). The lowest BCUT2D eigenvalue weighted by Crippen LogP contribution is -2.57. The standard InChI is InChI=1S/C16H30N4O6S2/c1-9(17)13(22)18-10(4-6-27-2)14(23)19-11(5-7-28-3)15(24)20-12(8-21)16(25)26/h9-12,21H,4-8,17H2,1-3H3,(H,18,22)(H,19,23)(H,20,24)(H,25,26). The molecule has 4 atom stereocenters. The molecule has 3 amide bonds. The summed E-state index contributed by atoms with van der Waals surface area (Å²) in [6, 6.07) is -4.13. The highest BCUT2D eigenvalue weighted by molar-refractivity contribution is 7.98. The van der Waals surface area contributed by atoms with Gasteiger partial charge in [0.2, 0.25) is 17.7 Å². The van der Waals surface area contributed by atoms with Crippen molar-refractivity contribution >= 4 is 47.2 Å². The van der Waals surface area contributed by atoms with E-state index >= 15 is 0 Å². The number of rotatable bonds is 14. The van der Waals surface area contributed by atoms with E-state index in [0.717, 1.165) is 0 Å². The quantitative estimate of drug-likeness (QED) is 0.186. The number of carbonyl (C=O) groups is 4. The first-order chi connectivity index (χ1) is 13.2. The number of hydrogen-bond donors (Lipinski definition) is 6. The Morgan fingerprint density at radius 2 is 1.25 bits per heavy atom. The van der Waals surface area contributed by atoms with Gasteiger partial charge in [0.25, 0.3) is 0 Å².